The van der Waals surface area contributed by atoms with Gasteiger partial charge in [0, 0.05) is 25.4 Å². The maximum absolute atomic E-state index is 12.3. The lowest BCUT2D eigenvalue weighted by molar-refractivity contribution is -0.125. The normalized spacial score (nSPS) is 13.1. The Morgan fingerprint density at radius 2 is 1.36 bits per heavy atom. The zero-order valence-electron chi connectivity index (χ0n) is 19.8. The Kier molecular flexibility index (Phi) is 18.7. The van der Waals surface area contributed by atoms with E-state index in [1.165, 1.54) is 0 Å². The summed E-state index contributed by atoms with van der Waals surface area (Å²) in [5.41, 5.74) is 0. The minimum absolute atomic E-state index is 0.0210. The van der Waals surface area contributed by atoms with Gasteiger partial charge in [-0.05, 0) is 32.2 Å². The number of hydrogen-bond acceptors (Lipinski definition) is 5. The average molecular weight is 399 g/mol. The first-order valence-electron chi connectivity index (χ1n) is 11.2. The Hall–Kier alpha value is -1.07. The lowest BCUT2D eigenvalue weighted by Gasteiger charge is -2.27. The van der Waals surface area contributed by atoms with Gasteiger partial charge in [0.2, 0.25) is 0 Å². The number of hydrogen-bond donors (Lipinski definition) is 0. The summed E-state index contributed by atoms with van der Waals surface area (Å²) in [4.78, 5) is 39.9. The van der Waals surface area contributed by atoms with Crippen LogP contribution in [0.5, 0.6) is 0 Å². The van der Waals surface area contributed by atoms with E-state index in [1.54, 1.807) is 6.92 Å². The molecule has 5 nitrogen and oxygen atoms in total. The quantitative estimate of drug-likeness (QED) is 0.389. The molecule has 2 atom stereocenters. The smallest absolute Gasteiger partial charge is 0.149 e. The Balaban J connectivity index is 0. The summed E-state index contributed by atoms with van der Waals surface area (Å²) < 4.78 is 0. The Morgan fingerprint density at radius 3 is 1.82 bits per heavy atom. The molecule has 0 N–H and O–H groups in total. The van der Waals surface area contributed by atoms with Gasteiger partial charge in [-0.1, -0.05) is 54.9 Å². The highest BCUT2D eigenvalue weighted by atomic mass is 16.1. The van der Waals surface area contributed by atoms with E-state index in [2.05, 4.69) is 18.7 Å². The van der Waals surface area contributed by atoms with Crippen LogP contribution in [0.2, 0.25) is 0 Å². The van der Waals surface area contributed by atoms with Gasteiger partial charge in [0.1, 0.15) is 17.3 Å². The summed E-state index contributed by atoms with van der Waals surface area (Å²) in [5, 5.41) is 0. The van der Waals surface area contributed by atoms with Crippen LogP contribution in [0.4, 0.5) is 0 Å². The van der Waals surface area contributed by atoms with E-state index in [4.69, 9.17) is 0 Å². The molecule has 0 aliphatic carbocycles. The Bertz CT molecular complexity index is 438. The zero-order chi connectivity index (χ0) is 22.1. The minimum Gasteiger partial charge on any atom is -0.299 e. The van der Waals surface area contributed by atoms with E-state index < -0.39 is 0 Å². The second kappa shape index (κ2) is 18.0. The van der Waals surface area contributed by atoms with Crippen molar-refractivity contribution >= 4 is 17.3 Å². The minimum atomic E-state index is 0.0210. The molecule has 0 radical (unpaired) electrons. The molecule has 0 spiro atoms. The first-order valence-corrected chi connectivity index (χ1v) is 11.2. The van der Waals surface area contributed by atoms with Crippen molar-refractivity contribution < 1.29 is 14.4 Å². The summed E-state index contributed by atoms with van der Waals surface area (Å²) in [6.07, 6.45) is 3.56. The highest BCUT2D eigenvalue weighted by Crippen LogP contribution is 2.09. The fourth-order valence-electron chi connectivity index (χ4n) is 2.65. The van der Waals surface area contributed by atoms with Crippen LogP contribution in [0.1, 0.15) is 81.1 Å². The lowest BCUT2D eigenvalue weighted by atomic mass is 10.0. The molecule has 2 unspecified atom stereocenters. The molecule has 166 valence electrons. The van der Waals surface area contributed by atoms with Gasteiger partial charge in [-0.3, -0.25) is 24.2 Å². The molecule has 0 aromatic carbocycles. The van der Waals surface area contributed by atoms with Gasteiger partial charge >= 0.3 is 0 Å². The van der Waals surface area contributed by atoms with Crippen molar-refractivity contribution in [2.75, 3.05) is 39.3 Å². The molecule has 0 aromatic heterocycles. The van der Waals surface area contributed by atoms with Crippen molar-refractivity contribution in [3.63, 3.8) is 0 Å². The van der Waals surface area contributed by atoms with Crippen LogP contribution in [0.3, 0.4) is 0 Å². The van der Waals surface area contributed by atoms with Crippen molar-refractivity contribution in [2.45, 2.75) is 81.1 Å². The van der Waals surface area contributed by atoms with Crippen molar-refractivity contribution in [3.8, 4) is 0 Å². The van der Waals surface area contributed by atoms with Gasteiger partial charge < -0.3 is 0 Å². The molecule has 0 saturated carbocycles. The molecule has 0 heterocycles. The van der Waals surface area contributed by atoms with Crippen LogP contribution in [0.15, 0.2) is 0 Å². The van der Waals surface area contributed by atoms with Crippen LogP contribution >= 0.6 is 0 Å². The topological polar surface area (TPSA) is 57.7 Å². The molecule has 0 aliphatic rings. The summed E-state index contributed by atoms with van der Waals surface area (Å²) in [5.74, 6) is 1.15. The fourth-order valence-corrected chi connectivity index (χ4v) is 2.65. The highest BCUT2D eigenvalue weighted by Gasteiger charge is 2.18. The van der Waals surface area contributed by atoms with Crippen LogP contribution in [0.25, 0.3) is 0 Å². The van der Waals surface area contributed by atoms with Gasteiger partial charge in [-0.2, -0.15) is 0 Å². The molecule has 0 fully saturated rings. The summed E-state index contributed by atoms with van der Waals surface area (Å²) >= 11 is 0. The maximum atomic E-state index is 12.3. The predicted molar refractivity (Wildman–Crippen MR) is 119 cm³/mol. The van der Waals surface area contributed by atoms with Crippen molar-refractivity contribution in [2.24, 2.45) is 11.8 Å². The predicted octanol–water partition coefficient (Wildman–Crippen LogP) is 4.24. The van der Waals surface area contributed by atoms with Crippen molar-refractivity contribution in [3.05, 3.63) is 0 Å². The van der Waals surface area contributed by atoms with Crippen molar-refractivity contribution in [1.29, 1.82) is 0 Å². The van der Waals surface area contributed by atoms with Gasteiger partial charge in [0.15, 0.2) is 0 Å². The standard InChI is InChI=1S/C21H40N2O3.C2H6/c1-7-17(4)10-11-22(15-20(25)9-3)12-13-23(14-19(6)24)16-21(26)18(5)8-2;1-2/h17-18H,7-16H2,1-6H3;1-2H3. The average Bonchev–Trinajstić information content (AvgIpc) is 2.69. The van der Waals surface area contributed by atoms with E-state index >= 15 is 0 Å². The number of ketones is 3. The van der Waals surface area contributed by atoms with Crippen LogP contribution in [-0.2, 0) is 14.4 Å². The summed E-state index contributed by atoms with van der Waals surface area (Å²) in [7, 11) is 0. The third kappa shape index (κ3) is 14.9. The second-order valence-electron chi connectivity index (χ2n) is 7.66. The zero-order valence-corrected chi connectivity index (χ0v) is 19.8. The van der Waals surface area contributed by atoms with E-state index in [0.29, 0.717) is 45.1 Å². The third-order valence-electron chi connectivity index (χ3n) is 5.15. The molecule has 0 aliphatic heterocycles. The molecule has 0 bridgehead atoms. The van der Waals surface area contributed by atoms with E-state index in [1.807, 2.05) is 39.5 Å². The highest BCUT2D eigenvalue weighted by molar-refractivity contribution is 5.84. The molecular formula is C23H46N2O3. The van der Waals surface area contributed by atoms with Gasteiger partial charge in [-0.15, -0.1) is 0 Å². The molecule has 0 aromatic rings. The van der Waals surface area contributed by atoms with E-state index in [-0.39, 0.29) is 23.3 Å². The number of Topliss-reactive ketones (excluding diaryl/α,β-unsaturated/α-hetero) is 3. The largest absolute Gasteiger partial charge is 0.299 e. The monoisotopic (exact) mass is 398 g/mol. The molecular weight excluding hydrogens is 352 g/mol. The van der Waals surface area contributed by atoms with E-state index in [9.17, 15) is 14.4 Å². The maximum Gasteiger partial charge on any atom is 0.149 e. The first kappa shape index (κ1) is 29.1. The Morgan fingerprint density at radius 1 is 0.786 bits per heavy atom. The molecule has 0 amide bonds. The number of rotatable bonds is 16. The van der Waals surface area contributed by atoms with Crippen LogP contribution < -0.4 is 0 Å². The number of carbonyl (C=O) groups is 3. The second-order valence-corrected chi connectivity index (χ2v) is 7.66. The fraction of sp³-hybridized carbons (Fsp3) is 0.870. The summed E-state index contributed by atoms with van der Waals surface area (Å²) in [6, 6.07) is 0. The van der Waals surface area contributed by atoms with Gasteiger partial charge in [0.05, 0.1) is 19.6 Å². The molecule has 28 heavy (non-hydrogen) atoms. The third-order valence-corrected chi connectivity index (χ3v) is 5.15. The SMILES string of the molecule is CC.CCC(=O)CN(CCC(C)CC)CCN(CC(C)=O)CC(=O)C(C)CC. The number of carbonyl (C=O) groups excluding carboxylic acids is 3. The van der Waals surface area contributed by atoms with Crippen LogP contribution in [0, 0.1) is 11.8 Å². The Labute approximate surface area is 174 Å². The number of nitrogens with zero attached hydrogens (tertiary/aromatic N) is 2. The molecule has 5 heteroatoms. The molecule has 0 saturated heterocycles. The molecule has 0 rings (SSSR count). The van der Waals surface area contributed by atoms with Crippen LogP contribution in [-0.4, -0.2) is 66.4 Å². The van der Waals surface area contributed by atoms with Gasteiger partial charge in [0.25, 0.3) is 0 Å². The van der Waals surface area contributed by atoms with E-state index in [0.717, 1.165) is 25.8 Å². The first-order chi connectivity index (χ1) is 13.2. The van der Waals surface area contributed by atoms with Crippen molar-refractivity contribution in [1.82, 2.24) is 9.80 Å². The summed E-state index contributed by atoms with van der Waals surface area (Å²) in [6.45, 7) is 19.1. The lowest BCUT2D eigenvalue weighted by Crippen LogP contribution is -2.42. The van der Waals surface area contributed by atoms with Gasteiger partial charge in [-0.25, -0.2) is 0 Å².